The molecule has 3 unspecified atom stereocenters. The molecule has 2 amide bonds. The summed E-state index contributed by atoms with van der Waals surface area (Å²) in [4.78, 5) is 36.0. The van der Waals surface area contributed by atoms with Gasteiger partial charge in [-0.15, -0.1) is 0 Å². The summed E-state index contributed by atoms with van der Waals surface area (Å²) < 4.78 is 32.9. The first-order valence-electron chi connectivity index (χ1n) is 11.6. The largest absolute Gasteiger partial charge is 0.481 e. The van der Waals surface area contributed by atoms with Crippen LogP contribution in [0, 0.1) is 18.8 Å². The van der Waals surface area contributed by atoms with Crippen molar-refractivity contribution in [3.8, 4) is 0 Å². The normalized spacial score (nSPS) is 20.0. The van der Waals surface area contributed by atoms with Gasteiger partial charge in [0.1, 0.15) is 17.9 Å². The fourth-order valence-corrected chi connectivity index (χ4v) is 3.96. The standard InChI is InChI=1S/C27H31F2N3O5S/c1-13(2)19(31-24(33)20-21(25(34)35)27(20,28)29)12-11-15(4)23(38)22(16(5)30)32-26(36)37-17(6)18-10-8-7-9-14(18)3/h7-12,17,20-21H,1,30H2,2-6H3,(H,31,33)(H,32,36)(H,34,35)/b15-11+,19-12+,22-16+. The number of halogens is 2. The van der Waals surface area contributed by atoms with Crippen LogP contribution in [0.4, 0.5) is 13.6 Å². The van der Waals surface area contributed by atoms with Crippen molar-refractivity contribution in [3.05, 3.63) is 82.4 Å². The molecular weight excluding hydrogens is 516 g/mol. The van der Waals surface area contributed by atoms with Gasteiger partial charge in [0.15, 0.2) is 0 Å². The summed E-state index contributed by atoms with van der Waals surface area (Å²) in [5, 5.41) is 13.8. The molecule has 5 N–H and O–H groups in total. The van der Waals surface area contributed by atoms with E-state index < -0.39 is 41.8 Å². The van der Waals surface area contributed by atoms with Crippen LogP contribution in [-0.4, -0.2) is 33.9 Å². The first kappa shape index (κ1) is 30.4. The molecule has 3 atom stereocenters. The second-order valence-corrected chi connectivity index (χ2v) is 9.49. The van der Waals surface area contributed by atoms with Gasteiger partial charge in [0, 0.05) is 11.4 Å². The Morgan fingerprint density at radius 2 is 1.76 bits per heavy atom. The Morgan fingerprint density at radius 3 is 2.26 bits per heavy atom. The van der Waals surface area contributed by atoms with Gasteiger partial charge in [0.2, 0.25) is 5.91 Å². The maximum Gasteiger partial charge on any atom is 0.412 e. The summed E-state index contributed by atoms with van der Waals surface area (Å²) >= 11 is 5.47. The van der Waals surface area contributed by atoms with Crippen LogP contribution in [0.15, 0.2) is 71.2 Å². The van der Waals surface area contributed by atoms with Crippen molar-refractivity contribution < 1.29 is 33.0 Å². The monoisotopic (exact) mass is 547 g/mol. The molecule has 1 aromatic carbocycles. The highest BCUT2D eigenvalue weighted by Crippen LogP contribution is 2.55. The zero-order chi connectivity index (χ0) is 28.9. The van der Waals surface area contributed by atoms with Gasteiger partial charge in [-0.1, -0.05) is 49.1 Å². The van der Waals surface area contributed by atoms with E-state index in [1.54, 1.807) is 20.8 Å². The second-order valence-electron chi connectivity index (χ2n) is 9.08. The van der Waals surface area contributed by atoms with E-state index in [-0.39, 0.29) is 22.0 Å². The number of allylic oxidation sites excluding steroid dienone is 5. The zero-order valence-corrected chi connectivity index (χ0v) is 22.5. The molecule has 38 heavy (non-hydrogen) atoms. The highest BCUT2D eigenvalue weighted by Gasteiger charge is 2.76. The maximum atomic E-state index is 13.7. The van der Waals surface area contributed by atoms with E-state index in [0.717, 1.165) is 11.1 Å². The number of nitrogens with two attached hydrogens (primary N) is 1. The number of carboxylic acid groups (broad SMARTS) is 1. The number of benzene rings is 1. The predicted molar refractivity (Wildman–Crippen MR) is 143 cm³/mol. The molecule has 1 saturated carbocycles. The van der Waals surface area contributed by atoms with Crippen LogP contribution in [0.25, 0.3) is 0 Å². The number of aryl methyl sites for hydroxylation is 1. The number of ether oxygens (including phenoxy) is 1. The van der Waals surface area contributed by atoms with Crippen LogP contribution in [0.5, 0.6) is 0 Å². The van der Waals surface area contributed by atoms with Crippen LogP contribution >= 0.6 is 12.2 Å². The van der Waals surface area contributed by atoms with Gasteiger partial charge in [-0.2, -0.15) is 0 Å². The molecule has 0 spiro atoms. The fraction of sp³-hybridized carbons (Fsp3) is 0.333. The third-order valence-corrected chi connectivity index (χ3v) is 6.46. The van der Waals surface area contributed by atoms with Crippen LogP contribution in [0.3, 0.4) is 0 Å². The summed E-state index contributed by atoms with van der Waals surface area (Å²) in [5.74, 6) is -10.5. The number of alkyl halides is 2. The van der Waals surface area contributed by atoms with Crippen LogP contribution in [0.1, 0.15) is 44.9 Å². The first-order chi connectivity index (χ1) is 17.6. The number of hydrogen-bond acceptors (Lipinski definition) is 6. The lowest BCUT2D eigenvalue weighted by Gasteiger charge is -2.18. The summed E-state index contributed by atoms with van der Waals surface area (Å²) in [6.45, 7) is 12.1. The summed E-state index contributed by atoms with van der Waals surface area (Å²) in [6, 6.07) is 7.48. The third-order valence-electron chi connectivity index (χ3n) is 5.94. The van der Waals surface area contributed by atoms with Gasteiger partial charge in [0.05, 0.1) is 10.6 Å². The number of nitrogens with one attached hydrogen (secondary N) is 2. The lowest BCUT2D eigenvalue weighted by Crippen LogP contribution is -2.31. The third kappa shape index (κ3) is 7.12. The first-order valence-corrected chi connectivity index (χ1v) is 12.0. The molecule has 0 heterocycles. The van der Waals surface area contributed by atoms with Crippen LogP contribution in [0.2, 0.25) is 0 Å². The number of rotatable bonds is 10. The number of alkyl carbamates (subject to hydrolysis) is 1. The smallest absolute Gasteiger partial charge is 0.412 e. The minimum absolute atomic E-state index is 0.0958. The van der Waals surface area contributed by atoms with Gasteiger partial charge in [-0.3, -0.25) is 14.9 Å². The van der Waals surface area contributed by atoms with Crippen molar-refractivity contribution >= 4 is 35.1 Å². The summed E-state index contributed by atoms with van der Waals surface area (Å²) in [7, 11) is 0. The average molecular weight is 548 g/mol. The lowest BCUT2D eigenvalue weighted by atomic mass is 10.1. The van der Waals surface area contributed by atoms with Gasteiger partial charge in [0.25, 0.3) is 5.92 Å². The Labute approximate surface area is 225 Å². The number of amides is 2. The number of carbonyl (C=O) groups excluding carboxylic acids is 2. The van der Waals surface area contributed by atoms with Crippen molar-refractivity contribution in [2.45, 2.75) is 46.6 Å². The minimum atomic E-state index is -3.63. The highest BCUT2D eigenvalue weighted by molar-refractivity contribution is 7.81. The minimum Gasteiger partial charge on any atom is -0.481 e. The lowest BCUT2D eigenvalue weighted by molar-refractivity contribution is -0.141. The quantitative estimate of drug-likeness (QED) is 0.187. The van der Waals surface area contributed by atoms with Gasteiger partial charge < -0.3 is 20.9 Å². The molecule has 1 fully saturated rings. The number of carboxylic acids is 1. The predicted octanol–water partition coefficient (Wildman–Crippen LogP) is 4.83. The Bertz CT molecular complexity index is 1260. The van der Waals surface area contributed by atoms with E-state index in [1.165, 1.54) is 19.1 Å². The molecule has 204 valence electrons. The Hall–Kier alpha value is -3.86. The molecule has 1 aliphatic rings. The van der Waals surface area contributed by atoms with Crippen molar-refractivity contribution in [2.24, 2.45) is 17.6 Å². The van der Waals surface area contributed by atoms with Gasteiger partial charge in [-0.05, 0) is 63.0 Å². The average Bonchev–Trinajstić information content (AvgIpc) is 3.41. The van der Waals surface area contributed by atoms with E-state index in [4.69, 9.17) is 27.8 Å². The van der Waals surface area contributed by atoms with Crippen molar-refractivity contribution in [1.82, 2.24) is 10.6 Å². The number of aliphatic carboxylic acids is 1. The van der Waals surface area contributed by atoms with Crippen LogP contribution < -0.4 is 16.4 Å². The Kier molecular flexibility index (Phi) is 9.69. The van der Waals surface area contributed by atoms with Crippen molar-refractivity contribution in [1.29, 1.82) is 0 Å². The molecule has 2 rings (SSSR count). The van der Waals surface area contributed by atoms with Crippen molar-refractivity contribution in [2.75, 3.05) is 0 Å². The molecule has 11 heteroatoms. The molecule has 0 bridgehead atoms. The zero-order valence-electron chi connectivity index (χ0n) is 21.7. The van der Waals surface area contributed by atoms with E-state index in [0.29, 0.717) is 11.1 Å². The molecular formula is C27H31F2N3O5S. The highest BCUT2D eigenvalue weighted by atomic mass is 32.1. The molecule has 1 aromatic rings. The van der Waals surface area contributed by atoms with E-state index in [1.807, 2.05) is 31.2 Å². The maximum absolute atomic E-state index is 13.7. The number of thiocarbonyl (C=S) groups is 1. The molecule has 8 nitrogen and oxygen atoms in total. The van der Waals surface area contributed by atoms with E-state index in [9.17, 15) is 23.2 Å². The topological polar surface area (TPSA) is 131 Å². The molecule has 0 aromatic heterocycles. The Morgan fingerprint density at radius 1 is 1.16 bits per heavy atom. The van der Waals surface area contributed by atoms with Gasteiger partial charge >= 0.3 is 12.1 Å². The SMILES string of the molecule is C=C(C)/C(=C\C=C(/C)C(=S)/C(NC(=O)OC(C)c1ccccc1C)=C(/C)N)NC(=O)C1C(C(=O)O)C1(F)F. The second kappa shape index (κ2) is 12.1. The Balaban J connectivity index is 2.14. The van der Waals surface area contributed by atoms with Gasteiger partial charge in [-0.25, -0.2) is 13.6 Å². The van der Waals surface area contributed by atoms with E-state index >= 15 is 0 Å². The molecule has 0 saturated heterocycles. The van der Waals surface area contributed by atoms with E-state index in [2.05, 4.69) is 17.2 Å². The number of hydrogen-bond donors (Lipinski definition) is 4. The molecule has 0 radical (unpaired) electrons. The summed E-state index contributed by atoms with van der Waals surface area (Å²) in [6.07, 6.45) is 1.57. The molecule has 0 aliphatic heterocycles. The molecule has 1 aliphatic carbocycles. The number of carbonyl (C=O) groups is 3. The van der Waals surface area contributed by atoms with Crippen LogP contribution in [-0.2, 0) is 14.3 Å². The summed E-state index contributed by atoms with van der Waals surface area (Å²) in [5.41, 5.74) is 9.00. The van der Waals surface area contributed by atoms with Crippen molar-refractivity contribution in [3.63, 3.8) is 0 Å². The fourth-order valence-electron chi connectivity index (χ4n) is 3.68.